The Kier molecular flexibility index (Phi) is 5.70. The standard InChI is InChI=1S/C21H27N7/c1-2-22-21(23-12-11-20-25-24-19-10-6-7-13-28(19)20)27-16-14-26(15-17-27)18-8-4-3-5-9-18/h3-10,13H,2,11-12,14-17H2,1H3,(H,22,23). The highest BCUT2D eigenvalue weighted by molar-refractivity contribution is 5.80. The van der Waals surface area contributed by atoms with Crippen molar-refractivity contribution in [1.82, 2.24) is 24.8 Å². The maximum atomic E-state index is 4.85. The van der Waals surface area contributed by atoms with Gasteiger partial charge in [0.25, 0.3) is 0 Å². The molecule has 0 bridgehead atoms. The molecule has 1 aliphatic rings. The highest BCUT2D eigenvalue weighted by Crippen LogP contribution is 2.15. The van der Waals surface area contributed by atoms with Crippen LogP contribution in [0.5, 0.6) is 0 Å². The molecule has 7 nitrogen and oxygen atoms in total. The second-order valence-corrected chi connectivity index (χ2v) is 6.84. The second-order valence-electron chi connectivity index (χ2n) is 6.84. The van der Waals surface area contributed by atoms with E-state index < -0.39 is 0 Å². The minimum Gasteiger partial charge on any atom is -0.368 e. The number of aromatic nitrogens is 3. The van der Waals surface area contributed by atoms with E-state index in [4.69, 9.17) is 4.99 Å². The van der Waals surface area contributed by atoms with Crippen LogP contribution in [0.2, 0.25) is 0 Å². The Hall–Kier alpha value is -3.09. The number of nitrogens with one attached hydrogen (secondary N) is 1. The fourth-order valence-corrected chi connectivity index (χ4v) is 3.56. The number of pyridine rings is 1. The topological polar surface area (TPSA) is 61.1 Å². The molecule has 1 saturated heterocycles. The molecule has 1 N–H and O–H groups in total. The van der Waals surface area contributed by atoms with Gasteiger partial charge in [0, 0.05) is 57.6 Å². The highest BCUT2D eigenvalue weighted by Gasteiger charge is 2.19. The summed E-state index contributed by atoms with van der Waals surface area (Å²) in [4.78, 5) is 9.63. The van der Waals surface area contributed by atoms with Crippen LogP contribution in [0.25, 0.3) is 5.65 Å². The van der Waals surface area contributed by atoms with Crippen molar-refractivity contribution in [1.29, 1.82) is 0 Å². The van der Waals surface area contributed by atoms with Crippen molar-refractivity contribution in [2.24, 2.45) is 4.99 Å². The van der Waals surface area contributed by atoms with E-state index in [9.17, 15) is 0 Å². The summed E-state index contributed by atoms with van der Waals surface area (Å²) in [5.41, 5.74) is 2.17. The van der Waals surface area contributed by atoms with E-state index in [2.05, 4.69) is 62.6 Å². The van der Waals surface area contributed by atoms with Gasteiger partial charge in [-0.15, -0.1) is 10.2 Å². The number of para-hydroxylation sites is 1. The van der Waals surface area contributed by atoms with E-state index in [1.165, 1.54) is 5.69 Å². The summed E-state index contributed by atoms with van der Waals surface area (Å²) >= 11 is 0. The number of hydrogen-bond donors (Lipinski definition) is 1. The van der Waals surface area contributed by atoms with Crippen LogP contribution in [0.4, 0.5) is 5.69 Å². The molecule has 0 spiro atoms. The van der Waals surface area contributed by atoms with Crippen molar-refractivity contribution < 1.29 is 0 Å². The van der Waals surface area contributed by atoms with Crippen LogP contribution in [0, 0.1) is 0 Å². The lowest BCUT2D eigenvalue weighted by Crippen LogP contribution is -2.52. The third kappa shape index (κ3) is 4.08. The van der Waals surface area contributed by atoms with Gasteiger partial charge in [0.1, 0.15) is 5.82 Å². The predicted molar refractivity (Wildman–Crippen MR) is 113 cm³/mol. The number of rotatable bonds is 5. The van der Waals surface area contributed by atoms with Crippen LogP contribution in [-0.2, 0) is 6.42 Å². The van der Waals surface area contributed by atoms with Gasteiger partial charge in [-0.3, -0.25) is 9.39 Å². The molecule has 0 saturated carbocycles. The minimum atomic E-state index is 0.691. The van der Waals surface area contributed by atoms with E-state index >= 15 is 0 Å². The molecule has 1 aliphatic heterocycles. The van der Waals surface area contributed by atoms with Crippen LogP contribution in [-0.4, -0.2) is 64.7 Å². The van der Waals surface area contributed by atoms with Crippen molar-refractivity contribution in [3.05, 3.63) is 60.6 Å². The average Bonchev–Trinajstić information content (AvgIpc) is 3.17. The lowest BCUT2D eigenvalue weighted by atomic mass is 10.2. The molecule has 0 aliphatic carbocycles. The smallest absolute Gasteiger partial charge is 0.194 e. The summed E-state index contributed by atoms with van der Waals surface area (Å²) in [6.45, 7) is 7.61. The van der Waals surface area contributed by atoms with Gasteiger partial charge >= 0.3 is 0 Å². The summed E-state index contributed by atoms with van der Waals surface area (Å²) in [7, 11) is 0. The van der Waals surface area contributed by atoms with E-state index in [1.807, 2.05) is 28.8 Å². The van der Waals surface area contributed by atoms with Crippen LogP contribution >= 0.6 is 0 Å². The lowest BCUT2D eigenvalue weighted by Gasteiger charge is -2.37. The molecule has 0 amide bonds. The van der Waals surface area contributed by atoms with Gasteiger partial charge in [-0.2, -0.15) is 0 Å². The number of anilines is 1. The zero-order chi connectivity index (χ0) is 19.2. The Morgan fingerprint density at radius 2 is 1.79 bits per heavy atom. The van der Waals surface area contributed by atoms with Crippen molar-refractivity contribution in [2.45, 2.75) is 13.3 Å². The van der Waals surface area contributed by atoms with Crippen LogP contribution in [0.1, 0.15) is 12.7 Å². The van der Waals surface area contributed by atoms with Gasteiger partial charge in [0.05, 0.1) is 0 Å². The van der Waals surface area contributed by atoms with Crippen molar-refractivity contribution in [3.63, 3.8) is 0 Å². The molecule has 2 aromatic heterocycles. The summed E-state index contributed by atoms with van der Waals surface area (Å²) in [5.74, 6) is 1.94. The van der Waals surface area contributed by atoms with E-state index in [0.717, 1.165) is 56.6 Å². The van der Waals surface area contributed by atoms with Crippen LogP contribution in [0.3, 0.4) is 0 Å². The number of nitrogens with zero attached hydrogens (tertiary/aromatic N) is 6. The van der Waals surface area contributed by atoms with Gasteiger partial charge in [0.15, 0.2) is 11.6 Å². The number of aliphatic imine (C=N–C) groups is 1. The quantitative estimate of drug-likeness (QED) is 0.545. The third-order valence-corrected chi connectivity index (χ3v) is 5.02. The maximum Gasteiger partial charge on any atom is 0.194 e. The molecule has 0 radical (unpaired) electrons. The highest BCUT2D eigenvalue weighted by atomic mass is 15.3. The van der Waals surface area contributed by atoms with E-state index in [1.54, 1.807) is 0 Å². The third-order valence-electron chi connectivity index (χ3n) is 5.02. The van der Waals surface area contributed by atoms with E-state index in [-0.39, 0.29) is 0 Å². The molecule has 0 unspecified atom stereocenters. The predicted octanol–water partition coefficient (Wildman–Crippen LogP) is 2.06. The summed E-state index contributed by atoms with van der Waals surface area (Å²) in [6.07, 6.45) is 2.77. The van der Waals surface area contributed by atoms with Gasteiger partial charge in [-0.25, -0.2) is 0 Å². The molecular formula is C21H27N7. The zero-order valence-electron chi connectivity index (χ0n) is 16.3. The summed E-state index contributed by atoms with van der Waals surface area (Å²) in [6, 6.07) is 16.6. The van der Waals surface area contributed by atoms with Gasteiger partial charge in [-0.1, -0.05) is 24.3 Å². The Balaban J connectivity index is 1.37. The molecule has 1 aromatic carbocycles. The zero-order valence-corrected chi connectivity index (χ0v) is 16.3. The van der Waals surface area contributed by atoms with Crippen molar-refractivity contribution in [2.75, 3.05) is 44.2 Å². The molecule has 146 valence electrons. The maximum absolute atomic E-state index is 4.85. The van der Waals surface area contributed by atoms with Crippen LogP contribution < -0.4 is 10.2 Å². The first kappa shape index (κ1) is 18.3. The average molecular weight is 377 g/mol. The first-order valence-corrected chi connectivity index (χ1v) is 9.97. The number of guanidine groups is 1. The van der Waals surface area contributed by atoms with Crippen molar-refractivity contribution >= 4 is 17.3 Å². The van der Waals surface area contributed by atoms with Crippen LogP contribution in [0.15, 0.2) is 59.7 Å². The monoisotopic (exact) mass is 377 g/mol. The molecule has 28 heavy (non-hydrogen) atoms. The number of piperazine rings is 1. The normalized spacial score (nSPS) is 15.2. The lowest BCUT2D eigenvalue weighted by molar-refractivity contribution is 0.372. The Morgan fingerprint density at radius 1 is 1.00 bits per heavy atom. The number of hydrogen-bond acceptors (Lipinski definition) is 4. The largest absolute Gasteiger partial charge is 0.368 e. The molecule has 1 fully saturated rings. The Bertz CT molecular complexity index is 911. The fraction of sp³-hybridized carbons (Fsp3) is 0.381. The molecule has 7 heteroatoms. The number of fused-ring (bicyclic) bond motifs is 1. The van der Waals surface area contributed by atoms with Gasteiger partial charge < -0.3 is 15.1 Å². The second kappa shape index (κ2) is 8.73. The number of benzene rings is 1. The molecular weight excluding hydrogens is 350 g/mol. The first-order chi connectivity index (χ1) is 13.8. The van der Waals surface area contributed by atoms with Gasteiger partial charge in [0.2, 0.25) is 0 Å². The molecule has 3 aromatic rings. The fourth-order valence-electron chi connectivity index (χ4n) is 3.56. The molecule has 4 rings (SSSR count). The molecule has 0 atom stereocenters. The Morgan fingerprint density at radius 3 is 2.57 bits per heavy atom. The van der Waals surface area contributed by atoms with Crippen molar-refractivity contribution in [3.8, 4) is 0 Å². The first-order valence-electron chi connectivity index (χ1n) is 9.97. The van der Waals surface area contributed by atoms with E-state index in [0.29, 0.717) is 6.54 Å². The SMILES string of the molecule is CCNC(=NCCc1nnc2ccccn12)N1CCN(c2ccccc2)CC1. The Labute approximate surface area is 165 Å². The minimum absolute atomic E-state index is 0.691. The summed E-state index contributed by atoms with van der Waals surface area (Å²) in [5, 5.41) is 11.9. The van der Waals surface area contributed by atoms with Gasteiger partial charge in [-0.05, 0) is 31.2 Å². The molecule has 3 heterocycles. The summed E-state index contributed by atoms with van der Waals surface area (Å²) < 4.78 is 2.03.